The van der Waals surface area contributed by atoms with Crippen molar-refractivity contribution in [1.29, 1.82) is 0 Å². The summed E-state index contributed by atoms with van der Waals surface area (Å²) < 4.78 is 3.85. The standard InChI is InChI=1S/C25H35ClN6O3/c1-6-30-16(3)20(15(2)27-30)13-29(5)21(33)12-24-8-18-7-19(9-24)11-25(10-18,14-24)31-17(4)22(26)23(28-31)32(34)35/h18-19H,6-14H2,1-5H3. The van der Waals surface area contributed by atoms with Crippen LogP contribution in [0.5, 0.6) is 0 Å². The van der Waals surface area contributed by atoms with Gasteiger partial charge < -0.3 is 15.0 Å². The highest BCUT2D eigenvalue weighted by Gasteiger charge is 2.61. The zero-order chi connectivity index (χ0) is 25.3. The summed E-state index contributed by atoms with van der Waals surface area (Å²) in [4.78, 5) is 26.4. The molecule has 0 N–H and O–H groups in total. The number of carbonyl (C=O) groups excluding carboxylic acids is 1. The molecule has 2 unspecified atom stereocenters. The molecule has 4 fully saturated rings. The summed E-state index contributed by atoms with van der Waals surface area (Å²) in [6.45, 7) is 9.35. The molecule has 4 saturated carbocycles. The Balaban J connectivity index is 1.39. The van der Waals surface area contributed by atoms with Gasteiger partial charge in [-0.25, -0.2) is 0 Å². The quantitative estimate of drug-likeness (QED) is 0.394. The van der Waals surface area contributed by atoms with Crippen molar-refractivity contribution in [2.45, 2.75) is 91.3 Å². The van der Waals surface area contributed by atoms with Gasteiger partial charge in [-0.15, -0.1) is 0 Å². The summed E-state index contributed by atoms with van der Waals surface area (Å²) in [5, 5.41) is 20.7. The maximum absolute atomic E-state index is 13.6. The maximum Gasteiger partial charge on any atom is 0.408 e. The van der Waals surface area contributed by atoms with Crippen molar-refractivity contribution in [2.24, 2.45) is 17.3 Å². The van der Waals surface area contributed by atoms with E-state index in [2.05, 4.69) is 24.0 Å². The summed E-state index contributed by atoms with van der Waals surface area (Å²) in [6.07, 6.45) is 6.53. The first-order valence-corrected chi connectivity index (χ1v) is 13.0. The number of carbonyl (C=O) groups is 1. The van der Waals surface area contributed by atoms with Crippen molar-refractivity contribution in [3.63, 3.8) is 0 Å². The van der Waals surface area contributed by atoms with Gasteiger partial charge in [0.2, 0.25) is 5.91 Å². The van der Waals surface area contributed by atoms with Crippen LogP contribution in [0.2, 0.25) is 5.02 Å². The van der Waals surface area contributed by atoms with Crippen LogP contribution < -0.4 is 0 Å². The monoisotopic (exact) mass is 502 g/mol. The molecule has 9 nitrogen and oxygen atoms in total. The summed E-state index contributed by atoms with van der Waals surface area (Å²) in [5.74, 6) is 0.931. The molecule has 0 aromatic carbocycles. The fourth-order valence-electron chi connectivity index (χ4n) is 7.96. The van der Waals surface area contributed by atoms with E-state index < -0.39 is 4.92 Å². The zero-order valence-electron chi connectivity index (χ0n) is 21.3. The van der Waals surface area contributed by atoms with Crippen LogP contribution in [-0.4, -0.2) is 42.3 Å². The normalized spacial score (nSPS) is 29.1. The first-order chi connectivity index (χ1) is 16.5. The molecule has 4 aliphatic carbocycles. The molecule has 190 valence electrons. The molecular formula is C25H35ClN6O3. The van der Waals surface area contributed by atoms with Crippen molar-refractivity contribution in [3.8, 4) is 0 Å². The molecular weight excluding hydrogens is 468 g/mol. The van der Waals surface area contributed by atoms with E-state index in [1.807, 2.05) is 35.2 Å². The fourth-order valence-corrected chi connectivity index (χ4v) is 8.14. The second-order valence-corrected chi connectivity index (χ2v) is 11.8. The van der Waals surface area contributed by atoms with E-state index in [0.29, 0.717) is 30.5 Å². The van der Waals surface area contributed by atoms with Crippen LogP contribution in [0.15, 0.2) is 0 Å². The molecule has 0 spiro atoms. The van der Waals surface area contributed by atoms with Crippen molar-refractivity contribution in [3.05, 3.63) is 37.8 Å². The third kappa shape index (κ3) is 3.86. The lowest BCUT2D eigenvalue weighted by Crippen LogP contribution is -2.58. The Morgan fingerprint density at radius 2 is 1.83 bits per heavy atom. The van der Waals surface area contributed by atoms with E-state index in [9.17, 15) is 14.9 Å². The molecule has 1 amide bonds. The van der Waals surface area contributed by atoms with Gasteiger partial charge in [0.15, 0.2) is 5.02 Å². The summed E-state index contributed by atoms with van der Waals surface area (Å²) in [7, 11) is 1.89. The van der Waals surface area contributed by atoms with Crippen LogP contribution in [0.4, 0.5) is 5.82 Å². The molecule has 4 aliphatic rings. The topological polar surface area (TPSA) is 99.1 Å². The molecule has 2 aromatic rings. The Morgan fingerprint density at radius 3 is 2.37 bits per heavy atom. The highest BCUT2D eigenvalue weighted by Crippen LogP contribution is 2.65. The second kappa shape index (κ2) is 8.32. The van der Waals surface area contributed by atoms with Crippen molar-refractivity contribution >= 4 is 23.3 Å². The number of hydrogen-bond acceptors (Lipinski definition) is 5. The number of aromatic nitrogens is 4. The number of amides is 1. The molecule has 35 heavy (non-hydrogen) atoms. The number of aryl methyl sites for hydroxylation is 2. The molecule has 0 aliphatic heterocycles. The third-order valence-corrected chi connectivity index (χ3v) is 9.42. The smallest absolute Gasteiger partial charge is 0.358 e. The van der Waals surface area contributed by atoms with Gasteiger partial charge >= 0.3 is 5.82 Å². The largest absolute Gasteiger partial charge is 0.408 e. The van der Waals surface area contributed by atoms with E-state index in [-0.39, 0.29) is 27.7 Å². The Hall–Kier alpha value is -2.42. The lowest BCUT2D eigenvalue weighted by molar-refractivity contribution is -0.389. The van der Waals surface area contributed by atoms with E-state index in [4.69, 9.17) is 11.6 Å². The highest BCUT2D eigenvalue weighted by atomic mass is 35.5. The van der Waals surface area contributed by atoms with Crippen LogP contribution in [-0.2, 0) is 23.4 Å². The summed E-state index contributed by atoms with van der Waals surface area (Å²) in [5.41, 5.74) is 3.50. The van der Waals surface area contributed by atoms with Gasteiger partial charge in [0.25, 0.3) is 0 Å². The molecule has 10 heteroatoms. The average molecular weight is 503 g/mol. The van der Waals surface area contributed by atoms with E-state index >= 15 is 0 Å². The lowest BCUT2D eigenvalue weighted by Gasteiger charge is -2.61. The molecule has 2 heterocycles. The first-order valence-electron chi connectivity index (χ1n) is 12.6. The van der Waals surface area contributed by atoms with Crippen molar-refractivity contribution < 1.29 is 9.72 Å². The molecule has 2 aromatic heterocycles. The van der Waals surface area contributed by atoms with Crippen LogP contribution in [0.1, 0.15) is 74.5 Å². The minimum atomic E-state index is -0.495. The highest BCUT2D eigenvalue weighted by molar-refractivity contribution is 6.33. The van der Waals surface area contributed by atoms with Gasteiger partial charge in [-0.2, -0.15) is 9.78 Å². The minimum Gasteiger partial charge on any atom is -0.358 e. The van der Waals surface area contributed by atoms with E-state index in [0.717, 1.165) is 55.6 Å². The lowest BCUT2D eigenvalue weighted by atomic mass is 9.46. The molecule has 6 rings (SSSR count). The van der Waals surface area contributed by atoms with Gasteiger partial charge in [-0.05, 0) is 88.4 Å². The third-order valence-electron chi connectivity index (χ3n) is 8.98. The number of nitro groups is 1. The van der Waals surface area contributed by atoms with Crippen molar-refractivity contribution in [1.82, 2.24) is 24.5 Å². The predicted octanol–water partition coefficient (Wildman–Crippen LogP) is 4.93. The predicted molar refractivity (Wildman–Crippen MR) is 132 cm³/mol. The van der Waals surface area contributed by atoms with Crippen LogP contribution in [0.25, 0.3) is 0 Å². The molecule has 0 radical (unpaired) electrons. The minimum absolute atomic E-state index is 0.0905. The van der Waals surface area contributed by atoms with Gasteiger partial charge in [0.1, 0.15) is 0 Å². The number of nitrogens with zero attached hydrogens (tertiary/aromatic N) is 6. The summed E-state index contributed by atoms with van der Waals surface area (Å²) >= 11 is 6.33. The van der Waals surface area contributed by atoms with Gasteiger partial charge in [-0.1, -0.05) is 11.6 Å². The molecule has 0 saturated heterocycles. The Bertz CT molecular complexity index is 1190. The van der Waals surface area contributed by atoms with E-state index in [1.165, 1.54) is 6.42 Å². The van der Waals surface area contributed by atoms with Gasteiger partial charge in [0.05, 0.1) is 22.0 Å². The van der Waals surface area contributed by atoms with Gasteiger partial charge in [-0.3, -0.25) is 9.48 Å². The summed E-state index contributed by atoms with van der Waals surface area (Å²) in [6, 6.07) is 0. The Kier molecular flexibility index (Phi) is 5.77. The maximum atomic E-state index is 13.6. The Labute approximate surface area is 210 Å². The molecule has 2 atom stereocenters. The number of halogens is 1. The van der Waals surface area contributed by atoms with E-state index in [1.54, 1.807) is 0 Å². The van der Waals surface area contributed by atoms with Crippen LogP contribution in [0, 0.1) is 48.1 Å². The number of rotatable bonds is 7. The van der Waals surface area contributed by atoms with Crippen LogP contribution >= 0.6 is 11.6 Å². The number of hydrogen-bond donors (Lipinski definition) is 0. The first kappa shape index (κ1) is 24.3. The molecule has 4 bridgehead atoms. The van der Waals surface area contributed by atoms with Crippen LogP contribution in [0.3, 0.4) is 0 Å². The fraction of sp³-hybridized carbons (Fsp3) is 0.720. The second-order valence-electron chi connectivity index (χ2n) is 11.5. The van der Waals surface area contributed by atoms with Crippen molar-refractivity contribution in [2.75, 3.05) is 7.05 Å². The zero-order valence-corrected chi connectivity index (χ0v) is 22.1. The Morgan fingerprint density at radius 1 is 1.17 bits per heavy atom. The van der Waals surface area contributed by atoms with Gasteiger partial charge in [0, 0.05) is 37.8 Å². The SMILES string of the molecule is CCn1nc(C)c(CN(C)C(=O)CC23CC4CC(C2)CC(n2nc([N+](=O)[O-])c(Cl)c2C)(C4)C3)c1C. The average Bonchev–Trinajstić information content (AvgIpc) is 3.23.